The average Bonchev–Trinajstić information content (AvgIpc) is 3.02. The molecule has 3 heterocycles. The first kappa shape index (κ1) is 13.6. The molecule has 3 rings (SSSR count). The topological polar surface area (TPSA) is 68.8 Å². The number of hydrogen-bond donors (Lipinski definition) is 0. The Morgan fingerprint density at radius 3 is 2.81 bits per heavy atom. The van der Waals surface area contributed by atoms with Crippen molar-refractivity contribution >= 4 is 11.9 Å². The van der Waals surface area contributed by atoms with Crippen molar-refractivity contribution in [2.75, 3.05) is 11.4 Å². The summed E-state index contributed by atoms with van der Waals surface area (Å²) >= 11 is 0. The monoisotopic (exact) mass is 300 g/mol. The van der Waals surface area contributed by atoms with Crippen LogP contribution in [0, 0.1) is 0 Å². The number of alkyl halides is 3. The minimum absolute atomic E-state index is 0.253. The van der Waals surface area contributed by atoms with E-state index in [-0.39, 0.29) is 5.95 Å². The summed E-state index contributed by atoms with van der Waals surface area (Å²) in [5, 5.41) is 7.27. The summed E-state index contributed by atoms with van der Waals surface area (Å²) in [4.78, 5) is 17.6. The smallest absolute Gasteiger partial charge is 0.277 e. The van der Waals surface area contributed by atoms with Crippen molar-refractivity contribution in [2.45, 2.75) is 19.1 Å². The van der Waals surface area contributed by atoms with E-state index in [1.165, 1.54) is 23.0 Å². The van der Waals surface area contributed by atoms with E-state index in [1.807, 2.05) is 0 Å². The fourth-order valence-corrected chi connectivity index (χ4v) is 2.30. The molecule has 1 aliphatic rings. The molecule has 1 aliphatic heterocycles. The Morgan fingerprint density at radius 1 is 1.33 bits per heavy atom. The SMILES string of the molecule is Cn1cc(C(=O)N2CCCn3ncnc32)c(C(F)(F)F)n1. The predicted molar refractivity (Wildman–Crippen MR) is 64.5 cm³/mol. The van der Waals surface area contributed by atoms with Gasteiger partial charge in [0, 0.05) is 26.3 Å². The number of rotatable bonds is 1. The van der Waals surface area contributed by atoms with Crippen LogP contribution in [0.4, 0.5) is 19.1 Å². The van der Waals surface area contributed by atoms with Gasteiger partial charge in [-0.15, -0.1) is 0 Å². The molecule has 2 aromatic rings. The van der Waals surface area contributed by atoms with E-state index < -0.39 is 23.3 Å². The number of aromatic nitrogens is 5. The lowest BCUT2D eigenvalue weighted by atomic mass is 10.2. The number of carbonyl (C=O) groups is 1. The van der Waals surface area contributed by atoms with Gasteiger partial charge in [-0.2, -0.15) is 28.4 Å². The maximum absolute atomic E-state index is 12.9. The second-order valence-electron chi connectivity index (χ2n) is 4.66. The quantitative estimate of drug-likeness (QED) is 0.790. The molecule has 0 saturated carbocycles. The highest BCUT2D eigenvalue weighted by Gasteiger charge is 2.40. The summed E-state index contributed by atoms with van der Waals surface area (Å²) in [6.45, 7) is 0.877. The standard InChI is InChI=1S/C11H11F3N6O/c1-18-5-7(8(17-18)11(12,13)14)9(21)19-3-2-4-20-10(19)15-6-16-20/h5-6H,2-4H2,1H3. The van der Waals surface area contributed by atoms with Crippen LogP contribution in [0.25, 0.3) is 0 Å². The predicted octanol–water partition coefficient (Wildman–Crippen LogP) is 1.08. The molecule has 0 saturated heterocycles. The van der Waals surface area contributed by atoms with Crippen LogP contribution in [-0.4, -0.2) is 37.0 Å². The van der Waals surface area contributed by atoms with Gasteiger partial charge in [0.1, 0.15) is 6.33 Å². The Balaban J connectivity index is 2.02. The number of carbonyl (C=O) groups excluding carboxylic acids is 1. The van der Waals surface area contributed by atoms with Gasteiger partial charge in [-0.3, -0.25) is 14.4 Å². The molecule has 0 aliphatic carbocycles. The molecular formula is C11H11F3N6O. The number of hydrogen-bond acceptors (Lipinski definition) is 4. The fourth-order valence-electron chi connectivity index (χ4n) is 2.30. The van der Waals surface area contributed by atoms with E-state index >= 15 is 0 Å². The summed E-state index contributed by atoms with van der Waals surface area (Å²) in [6, 6.07) is 0. The van der Waals surface area contributed by atoms with E-state index in [9.17, 15) is 18.0 Å². The third-order valence-corrected chi connectivity index (χ3v) is 3.16. The molecule has 2 aromatic heterocycles. The normalized spacial score (nSPS) is 15.1. The molecule has 7 nitrogen and oxygen atoms in total. The minimum Gasteiger partial charge on any atom is -0.277 e. The molecule has 0 radical (unpaired) electrons. The van der Waals surface area contributed by atoms with Crippen LogP contribution in [0.5, 0.6) is 0 Å². The van der Waals surface area contributed by atoms with Gasteiger partial charge in [0.15, 0.2) is 5.69 Å². The molecular weight excluding hydrogens is 289 g/mol. The molecule has 0 N–H and O–H groups in total. The van der Waals surface area contributed by atoms with Gasteiger partial charge >= 0.3 is 6.18 Å². The molecule has 0 bridgehead atoms. The number of halogens is 3. The molecule has 0 atom stereocenters. The third kappa shape index (κ3) is 2.26. The lowest BCUT2D eigenvalue weighted by Gasteiger charge is -2.25. The van der Waals surface area contributed by atoms with Crippen molar-refractivity contribution in [3.05, 3.63) is 23.8 Å². The van der Waals surface area contributed by atoms with Gasteiger partial charge in [-0.1, -0.05) is 0 Å². The number of amides is 1. The first-order valence-electron chi connectivity index (χ1n) is 6.18. The zero-order valence-corrected chi connectivity index (χ0v) is 11.0. The van der Waals surface area contributed by atoms with Gasteiger partial charge < -0.3 is 0 Å². The van der Waals surface area contributed by atoms with Gasteiger partial charge in [0.2, 0.25) is 5.95 Å². The highest BCUT2D eigenvalue weighted by Crippen LogP contribution is 2.32. The highest BCUT2D eigenvalue weighted by molar-refractivity contribution is 6.06. The molecule has 21 heavy (non-hydrogen) atoms. The van der Waals surface area contributed by atoms with E-state index in [0.29, 0.717) is 19.5 Å². The van der Waals surface area contributed by atoms with Crippen LogP contribution >= 0.6 is 0 Å². The Labute approximate surface area is 117 Å². The Hall–Kier alpha value is -2.39. The van der Waals surface area contributed by atoms with Crippen molar-refractivity contribution < 1.29 is 18.0 Å². The van der Waals surface area contributed by atoms with E-state index in [1.54, 1.807) is 0 Å². The first-order valence-corrected chi connectivity index (χ1v) is 6.18. The van der Waals surface area contributed by atoms with Crippen molar-refractivity contribution in [2.24, 2.45) is 7.05 Å². The third-order valence-electron chi connectivity index (χ3n) is 3.16. The maximum atomic E-state index is 12.9. The van der Waals surface area contributed by atoms with E-state index in [0.717, 1.165) is 10.9 Å². The molecule has 1 amide bonds. The second kappa shape index (κ2) is 4.57. The van der Waals surface area contributed by atoms with Crippen LogP contribution in [0.3, 0.4) is 0 Å². The van der Waals surface area contributed by atoms with Crippen molar-refractivity contribution in [3.63, 3.8) is 0 Å². The van der Waals surface area contributed by atoms with Crippen LogP contribution < -0.4 is 4.90 Å². The van der Waals surface area contributed by atoms with Gasteiger partial charge in [-0.25, -0.2) is 4.68 Å². The van der Waals surface area contributed by atoms with E-state index in [4.69, 9.17) is 0 Å². The summed E-state index contributed by atoms with van der Waals surface area (Å²) in [5.74, 6) is -0.521. The second-order valence-corrected chi connectivity index (χ2v) is 4.66. The number of fused-ring (bicyclic) bond motifs is 1. The van der Waals surface area contributed by atoms with Crippen molar-refractivity contribution in [1.29, 1.82) is 0 Å². The Kier molecular flexibility index (Phi) is 2.96. The Morgan fingerprint density at radius 2 is 2.10 bits per heavy atom. The number of anilines is 1. The van der Waals surface area contributed by atoms with Crippen molar-refractivity contribution in [3.8, 4) is 0 Å². The van der Waals surface area contributed by atoms with Crippen LogP contribution in [0.1, 0.15) is 22.5 Å². The molecule has 0 spiro atoms. The highest BCUT2D eigenvalue weighted by atomic mass is 19.4. The van der Waals surface area contributed by atoms with Gasteiger partial charge in [-0.05, 0) is 6.42 Å². The number of aryl methyl sites for hydroxylation is 2. The molecule has 10 heteroatoms. The summed E-state index contributed by atoms with van der Waals surface area (Å²) in [7, 11) is 1.34. The largest absolute Gasteiger partial charge is 0.435 e. The van der Waals surface area contributed by atoms with E-state index in [2.05, 4.69) is 15.2 Å². The molecule has 0 fully saturated rings. The van der Waals surface area contributed by atoms with Gasteiger partial charge in [0.25, 0.3) is 5.91 Å². The Bertz CT molecular complexity index is 688. The fraction of sp³-hybridized carbons (Fsp3) is 0.455. The summed E-state index contributed by atoms with van der Waals surface area (Å²) in [6.07, 6.45) is -1.74. The lowest BCUT2D eigenvalue weighted by molar-refractivity contribution is -0.141. The minimum atomic E-state index is -4.68. The van der Waals surface area contributed by atoms with Crippen LogP contribution in [-0.2, 0) is 19.8 Å². The van der Waals surface area contributed by atoms with Gasteiger partial charge in [0.05, 0.1) is 5.56 Å². The zero-order chi connectivity index (χ0) is 15.2. The molecule has 0 aromatic carbocycles. The lowest BCUT2D eigenvalue weighted by Crippen LogP contribution is -2.38. The molecule has 112 valence electrons. The molecule has 0 unspecified atom stereocenters. The summed E-state index contributed by atoms with van der Waals surface area (Å²) in [5.41, 5.74) is -1.67. The maximum Gasteiger partial charge on any atom is 0.435 e. The van der Waals surface area contributed by atoms with Crippen molar-refractivity contribution in [1.82, 2.24) is 24.5 Å². The first-order chi connectivity index (χ1) is 9.88. The summed E-state index contributed by atoms with van der Waals surface area (Å²) < 4.78 is 41.3. The zero-order valence-electron chi connectivity index (χ0n) is 11.0. The van der Waals surface area contributed by atoms with Crippen LogP contribution in [0.15, 0.2) is 12.5 Å². The average molecular weight is 300 g/mol. The van der Waals surface area contributed by atoms with Crippen LogP contribution in [0.2, 0.25) is 0 Å². The number of nitrogens with zero attached hydrogens (tertiary/aromatic N) is 6.